The largest absolute Gasteiger partial charge is 0.489 e. The van der Waals surface area contributed by atoms with Gasteiger partial charge in [0.15, 0.2) is 0 Å². The van der Waals surface area contributed by atoms with Crippen molar-refractivity contribution >= 4 is 32.0 Å². The summed E-state index contributed by atoms with van der Waals surface area (Å²) in [6.45, 7) is -0.00362. The van der Waals surface area contributed by atoms with E-state index in [4.69, 9.17) is 9.72 Å². The molecule has 7 rings (SSSR count). The quantitative estimate of drug-likeness (QED) is 0.175. The Bertz CT molecular complexity index is 2100. The summed E-state index contributed by atoms with van der Waals surface area (Å²) in [6.07, 6.45) is 10.6. The number of nitrogens with one attached hydrogen (secondary N) is 3. The van der Waals surface area contributed by atoms with E-state index in [0.29, 0.717) is 22.3 Å². The van der Waals surface area contributed by atoms with Gasteiger partial charge in [-0.15, -0.1) is 0 Å². The van der Waals surface area contributed by atoms with Gasteiger partial charge < -0.3 is 9.72 Å². The summed E-state index contributed by atoms with van der Waals surface area (Å²) in [5, 5.41) is 8.54. The molecule has 1 aliphatic rings. The molecule has 2 aromatic carbocycles. The van der Waals surface area contributed by atoms with Crippen molar-refractivity contribution in [2.24, 2.45) is 0 Å². The maximum absolute atomic E-state index is 14.6. The van der Waals surface area contributed by atoms with Crippen LogP contribution in [0.15, 0.2) is 73.1 Å². The van der Waals surface area contributed by atoms with Crippen molar-refractivity contribution in [3.8, 4) is 39.5 Å². The zero-order chi connectivity index (χ0) is 30.3. The number of hydrogen-bond donors (Lipinski definition) is 3. The van der Waals surface area contributed by atoms with E-state index in [-0.39, 0.29) is 12.6 Å². The number of H-pyrrole nitrogens is 2. The van der Waals surface area contributed by atoms with Crippen molar-refractivity contribution in [3.05, 3.63) is 84.4 Å². The highest BCUT2D eigenvalue weighted by Gasteiger charge is 2.18. The van der Waals surface area contributed by atoms with Gasteiger partial charge in [-0.25, -0.2) is 22.5 Å². The lowest BCUT2D eigenvalue weighted by molar-refractivity contribution is 0.154. The molecule has 6 aromatic rings. The molecule has 3 N–H and O–H groups in total. The summed E-state index contributed by atoms with van der Waals surface area (Å²) in [7, 11) is -3.42. The first-order valence-corrected chi connectivity index (χ1v) is 16.5. The molecule has 0 aliphatic heterocycles. The van der Waals surface area contributed by atoms with Crippen LogP contribution in [0.4, 0.5) is 4.39 Å². The van der Waals surface area contributed by atoms with Crippen LogP contribution in [-0.2, 0) is 16.6 Å². The summed E-state index contributed by atoms with van der Waals surface area (Å²) in [4.78, 5) is 12.8. The molecule has 44 heavy (non-hydrogen) atoms. The van der Waals surface area contributed by atoms with Crippen LogP contribution < -0.4 is 9.46 Å². The van der Waals surface area contributed by atoms with Gasteiger partial charge in [0.1, 0.15) is 22.8 Å². The van der Waals surface area contributed by atoms with E-state index < -0.39 is 15.8 Å². The molecular weight excluding hydrogens is 579 g/mol. The van der Waals surface area contributed by atoms with E-state index in [1.807, 2.05) is 42.5 Å². The summed E-state index contributed by atoms with van der Waals surface area (Å²) < 4.78 is 46.5. The van der Waals surface area contributed by atoms with E-state index in [1.165, 1.54) is 31.4 Å². The lowest BCUT2D eigenvalue weighted by atomic mass is 9.98. The molecule has 4 aromatic heterocycles. The lowest BCUT2D eigenvalue weighted by Gasteiger charge is -2.22. The third-order valence-corrected chi connectivity index (χ3v) is 8.67. The number of pyridine rings is 2. The van der Waals surface area contributed by atoms with E-state index in [9.17, 15) is 12.8 Å². The second-order valence-corrected chi connectivity index (χ2v) is 13.2. The number of rotatable bonds is 8. The number of ether oxygens (including phenoxy) is 1. The maximum atomic E-state index is 14.6. The van der Waals surface area contributed by atoms with Gasteiger partial charge in [-0.05, 0) is 90.9 Å². The third-order valence-electron chi connectivity index (χ3n) is 8.00. The van der Waals surface area contributed by atoms with Crippen molar-refractivity contribution in [3.63, 3.8) is 0 Å². The number of aromatic nitrogens is 5. The van der Waals surface area contributed by atoms with Gasteiger partial charge >= 0.3 is 0 Å². The second kappa shape index (κ2) is 11.5. The summed E-state index contributed by atoms with van der Waals surface area (Å²) in [5.41, 5.74) is 7.34. The van der Waals surface area contributed by atoms with Crippen molar-refractivity contribution in [2.45, 2.75) is 44.8 Å². The van der Waals surface area contributed by atoms with Crippen LogP contribution in [0.5, 0.6) is 5.75 Å². The van der Waals surface area contributed by atoms with Gasteiger partial charge in [0, 0.05) is 29.2 Å². The number of halogens is 1. The van der Waals surface area contributed by atoms with Crippen LogP contribution in [0.25, 0.3) is 55.7 Å². The summed E-state index contributed by atoms with van der Waals surface area (Å²) >= 11 is 0. The Balaban J connectivity index is 1.23. The Hall–Kier alpha value is -4.61. The fourth-order valence-electron chi connectivity index (χ4n) is 5.90. The number of sulfonamides is 1. The molecule has 0 amide bonds. The van der Waals surface area contributed by atoms with Crippen molar-refractivity contribution < 1.29 is 17.5 Å². The third kappa shape index (κ3) is 5.93. The fourth-order valence-corrected chi connectivity index (χ4v) is 6.33. The van der Waals surface area contributed by atoms with Crippen LogP contribution in [0.1, 0.15) is 37.7 Å². The Morgan fingerprint density at radius 3 is 2.68 bits per heavy atom. The Labute approximate surface area is 254 Å². The van der Waals surface area contributed by atoms with Gasteiger partial charge in [-0.3, -0.25) is 10.1 Å². The minimum absolute atomic E-state index is 0.00362. The average molecular weight is 611 g/mol. The van der Waals surface area contributed by atoms with E-state index >= 15 is 0 Å². The van der Waals surface area contributed by atoms with Gasteiger partial charge in [0.25, 0.3) is 0 Å². The first-order chi connectivity index (χ1) is 21.3. The summed E-state index contributed by atoms with van der Waals surface area (Å²) in [5.74, 6) is 0.303. The van der Waals surface area contributed by atoms with Crippen molar-refractivity contribution in [2.75, 3.05) is 6.26 Å². The molecule has 0 saturated heterocycles. The van der Waals surface area contributed by atoms with Crippen LogP contribution in [0, 0.1) is 5.82 Å². The van der Waals surface area contributed by atoms with Gasteiger partial charge in [0.05, 0.1) is 35.5 Å². The minimum Gasteiger partial charge on any atom is -0.489 e. The standard InChI is InChI=1S/C33H31FN6O3S/c1-44(41,42)36-17-20-12-21(14-23(34)13-20)26-8-5-9-29-27(26)16-31(37-29)33-32-30(39-40-33)11-10-28(38-32)22-15-25(19-35-18-22)43-24-6-3-2-4-7-24/h5,8-16,18-19,24,36-37H,2-4,6-7,17H2,1H3,(H,39,40). The first-order valence-electron chi connectivity index (χ1n) is 14.6. The normalized spacial score (nSPS) is 14.4. The average Bonchev–Trinajstić information content (AvgIpc) is 3.64. The van der Waals surface area contributed by atoms with E-state index in [2.05, 4.69) is 24.9 Å². The minimum atomic E-state index is -3.42. The number of benzene rings is 2. The smallest absolute Gasteiger partial charge is 0.209 e. The molecular formula is C33H31FN6O3S. The highest BCUT2D eigenvalue weighted by Crippen LogP contribution is 2.35. The molecule has 0 unspecified atom stereocenters. The van der Waals surface area contributed by atoms with Crippen LogP contribution in [0.3, 0.4) is 0 Å². The molecule has 4 heterocycles. The first kappa shape index (κ1) is 28.2. The number of fused-ring (bicyclic) bond motifs is 2. The Morgan fingerprint density at radius 1 is 0.977 bits per heavy atom. The van der Waals surface area contributed by atoms with Crippen LogP contribution >= 0.6 is 0 Å². The molecule has 224 valence electrons. The number of hydrogen-bond acceptors (Lipinski definition) is 6. The summed E-state index contributed by atoms with van der Waals surface area (Å²) in [6, 6.07) is 18.2. The van der Waals surface area contributed by atoms with E-state index in [1.54, 1.807) is 18.5 Å². The van der Waals surface area contributed by atoms with Gasteiger partial charge in [-0.2, -0.15) is 5.10 Å². The molecule has 1 aliphatic carbocycles. The lowest BCUT2D eigenvalue weighted by Crippen LogP contribution is -2.21. The Morgan fingerprint density at radius 2 is 1.84 bits per heavy atom. The van der Waals surface area contributed by atoms with E-state index in [0.717, 1.165) is 63.8 Å². The Kier molecular flexibility index (Phi) is 7.35. The van der Waals surface area contributed by atoms with Gasteiger partial charge in [0.2, 0.25) is 10.0 Å². The van der Waals surface area contributed by atoms with Crippen LogP contribution in [0.2, 0.25) is 0 Å². The zero-order valence-corrected chi connectivity index (χ0v) is 24.9. The highest BCUT2D eigenvalue weighted by molar-refractivity contribution is 7.88. The molecule has 0 spiro atoms. The van der Waals surface area contributed by atoms with Gasteiger partial charge in [-0.1, -0.05) is 18.6 Å². The molecule has 0 radical (unpaired) electrons. The van der Waals surface area contributed by atoms with Crippen molar-refractivity contribution in [1.82, 2.24) is 29.9 Å². The second-order valence-electron chi connectivity index (χ2n) is 11.3. The highest BCUT2D eigenvalue weighted by atomic mass is 32.2. The molecule has 0 atom stereocenters. The topological polar surface area (TPSA) is 126 Å². The van der Waals surface area contributed by atoms with Crippen LogP contribution in [-0.4, -0.2) is 45.9 Å². The SMILES string of the molecule is CS(=O)(=O)NCc1cc(F)cc(-c2cccc3[nH]c(-c4n[nH]c5ccc(-c6cncc(OC7CCCCC7)c6)nc45)cc23)c1. The predicted octanol–water partition coefficient (Wildman–Crippen LogP) is 6.74. The predicted molar refractivity (Wildman–Crippen MR) is 169 cm³/mol. The molecule has 1 saturated carbocycles. The monoisotopic (exact) mass is 610 g/mol. The number of nitrogens with zero attached hydrogens (tertiary/aromatic N) is 3. The molecule has 1 fully saturated rings. The molecule has 11 heteroatoms. The van der Waals surface area contributed by atoms with Crippen molar-refractivity contribution in [1.29, 1.82) is 0 Å². The maximum Gasteiger partial charge on any atom is 0.209 e. The number of aromatic amines is 2. The zero-order valence-electron chi connectivity index (χ0n) is 24.1. The molecule has 9 nitrogen and oxygen atoms in total. The fraction of sp³-hybridized carbons (Fsp3) is 0.242. The molecule has 0 bridgehead atoms.